The number of Topliss-reactive ketones (excluding diaryl/α,β-unsaturated/α-hetero) is 1. The van der Waals surface area contributed by atoms with Gasteiger partial charge in [-0.1, -0.05) is 0 Å². The number of carbonyl (C=O) groups is 2. The minimum Gasteiger partial charge on any atom is -0.465 e. The predicted octanol–water partition coefficient (Wildman–Crippen LogP) is 0.329. The maximum Gasteiger partial charge on any atom is 0.407 e. The van der Waals surface area contributed by atoms with Crippen LogP contribution in [0.15, 0.2) is 0 Å². The summed E-state index contributed by atoms with van der Waals surface area (Å²) in [5, 5.41) is 8.43. The fourth-order valence-electron chi connectivity index (χ4n) is 1.00. The van der Waals surface area contributed by atoms with Gasteiger partial charge >= 0.3 is 6.09 Å². The molecule has 0 atom stereocenters. The number of rotatable bonds is 0. The zero-order valence-corrected chi connectivity index (χ0v) is 5.54. The molecular formula is C6H9NO3. The maximum atomic E-state index is 10.7. The normalized spacial score (nSPS) is 19.2. The van der Waals surface area contributed by atoms with E-state index in [2.05, 4.69) is 0 Å². The average molecular weight is 143 g/mol. The maximum absolute atomic E-state index is 10.7. The molecule has 1 aliphatic heterocycles. The monoisotopic (exact) mass is 143 g/mol. The molecule has 56 valence electrons. The Hall–Kier alpha value is -1.06. The van der Waals surface area contributed by atoms with E-state index in [-0.39, 0.29) is 12.3 Å². The van der Waals surface area contributed by atoms with Gasteiger partial charge in [-0.05, 0) is 6.42 Å². The second-order valence-corrected chi connectivity index (χ2v) is 2.35. The Bertz CT molecular complexity index is 164. The quantitative estimate of drug-likeness (QED) is 0.531. The van der Waals surface area contributed by atoms with Gasteiger partial charge in [-0.2, -0.15) is 0 Å². The molecule has 0 aliphatic carbocycles. The molecule has 0 radical (unpaired) electrons. The summed E-state index contributed by atoms with van der Waals surface area (Å²) in [5.41, 5.74) is 0. The van der Waals surface area contributed by atoms with Gasteiger partial charge in [0.15, 0.2) is 5.78 Å². The molecule has 4 nitrogen and oxygen atoms in total. The fraction of sp³-hybridized carbons (Fsp3) is 0.667. The average Bonchev–Trinajstić information content (AvgIpc) is 1.88. The molecule has 0 aromatic rings. The second-order valence-electron chi connectivity index (χ2n) is 2.35. The van der Waals surface area contributed by atoms with E-state index in [0.29, 0.717) is 19.4 Å². The Kier molecular flexibility index (Phi) is 1.89. The highest BCUT2D eigenvalue weighted by molar-refractivity contribution is 5.84. The molecule has 0 unspecified atom stereocenters. The number of piperidine rings is 1. The van der Waals surface area contributed by atoms with Gasteiger partial charge in [0.05, 0.1) is 6.54 Å². The largest absolute Gasteiger partial charge is 0.465 e. The standard InChI is InChI=1S/C6H9NO3/c8-5-2-1-3-7(4-5)6(9)10/h1-4H2,(H,9,10). The third kappa shape index (κ3) is 1.46. The van der Waals surface area contributed by atoms with Gasteiger partial charge in [0.25, 0.3) is 0 Å². The Balaban J connectivity index is 2.47. The van der Waals surface area contributed by atoms with E-state index in [9.17, 15) is 9.59 Å². The summed E-state index contributed by atoms with van der Waals surface area (Å²) in [6.45, 7) is 0.580. The van der Waals surface area contributed by atoms with Crippen LogP contribution in [-0.4, -0.2) is 35.0 Å². The van der Waals surface area contributed by atoms with Crippen molar-refractivity contribution in [1.82, 2.24) is 4.90 Å². The zero-order chi connectivity index (χ0) is 7.56. The molecule has 1 amide bonds. The van der Waals surface area contributed by atoms with E-state index in [4.69, 9.17) is 5.11 Å². The van der Waals surface area contributed by atoms with Crippen molar-refractivity contribution >= 4 is 11.9 Å². The van der Waals surface area contributed by atoms with E-state index >= 15 is 0 Å². The molecule has 1 saturated heterocycles. The van der Waals surface area contributed by atoms with Crippen molar-refractivity contribution in [2.75, 3.05) is 13.1 Å². The van der Waals surface area contributed by atoms with Gasteiger partial charge in [0.2, 0.25) is 0 Å². The van der Waals surface area contributed by atoms with E-state index in [1.54, 1.807) is 0 Å². The molecule has 0 saturated carbocycles. The van der Waals surface area contributed by atoms with Crippen molar-refractivity contribution in [3.8, 4) is 0 Å². The number of hydrogen-bond acceptors (Lipinski definition) is 2. The third-order valence-electron chi connectivity index (χ3n) is 1.52. The van der Waals surface area contributed by atoms with Gasteiger partial charge in [-0.25, -0.2) is 4.79 Å². The van der Waals surface area contributed by atoms with Crippen molar-refractivity contribution in [2.45, 2.75) is 12.8 Å². The highest BCUT2D eigenvalue weighted by Crippen LogP contribution is 2.04. The summed E-state index contributed by atoms with van der Waals surface area (Å²) in [6.07, 6.45) is 0.211. The highest BCUT2D eigenvalue weighted by atomic mass is 16.4. The van der Waals surface area contributed by atoms with Crippen LogP contribution in [0.3, 0.4) is 0 Å². The van der Waals surface area contributed by atoms with Gasteiger partial charge in [0, 0.05) is 13.0 Å². The molecule has 4 heteroatoms. The molecule has 10 heavy (non-hydrogen) atoms. The summed E-state index contributed by atoms with van der Waals surface area (Å²) < 4.78 is 0. The smallest absolute Gasteiger partial charge is 0.407 e. The molecule has 0 aromatic heterocycles. The number of nitrogens with zero attached hydrogens (tertiary/aromatic N) is 1. The lowest BCUT2D eigenvalue weighted by Gasteiger charge is -2.22. The van der Waals surface area contributed by atoms with Crippen LogP contribution in [0, 0.1) is 0 Å². The molecule has 0 aromatic carbocycles. The van der Waals surface area contributed by atoms with E-state index in [1.165, 1.54) is 0 Å². The topological polar surface area (TPSA) is 57.6 Å². The minimum atomic E-state index is -0.993. The second kappa shape index (κ2) is 2.68. The number of carboxylic acid groups (broad SMARTS) is 1. The first-order valence-electron chi connectivity index (χ1n) is 3.20. The van der Waals surface area contributed by atoms with E-state index < -0.39 is 6.09 Å². The van der Waals surface area contributed by atoms with Gasteiger partial charge in [-0.3, -0.25) is 4.79 Å². The molecule has 1 fully saturated rings. The highest BCUT2D eigenvalue weighted by Gasteiger charge is 2.19. The Morgan fingerprint density at radius 1 is 1.60 bits per heavy atom. The van der Waals surface area contributed by atoms with Gasteiger partial charge < -0.3 is 10.0 Å². The first kappa shape index (κ1) is 7.05. The van der Waals surface area contributed by atoms with Crippen LogP contribution in [0.1, 0.15) is 12.8 Å². The predicted molar refractivity (Wildman–Crippen MR) is 33.8 cm³/mol. The Labute approximate surface area is 58.4 Å². The van der Waals surface area contributed by atoms with Crippen molar-refractivity contribution in [1.29, 1.82) is 0 Å². The fourth-order valence-corrected chi connectivity index (χ4v) is 1.00. The number of carbonyl (C=O) groups excluding carboxylic acids is 1. The summed E-state index contributed by atoms with van der Waals surface area (Å²) in [7, 11) is 0. The number of hydrogen-bond donors (Lipinski definition) is 1. The summed E-state index contributed by atoms with van der Waals surface area (Å²) >= 11 is 0. The van der Waals surface area contributed by atoms with Crippen LogP contribution >= 0.6 is 0 Å². The number of ketones is 1. The first-order chi connectivity index (χ1) is 4.70. The molecule has 0 spiro atoms. The van der Waals surface area contributed by atoms with Crippen molar-refractivity contribution in [3.63, 3.8) is 0 Å². The van der Waals surface area contributed by atoms with E-state index in [1.807, 2.05) is 0 Å². The summed E-state index contributed by atoms with van der Waals surface area (Å²) in [4.78, 5) is 22.1. The SMILES string of the molecule is O=C1CCCN(C(=O)O)C1. The lowest BCUT2D eigenvalue weighted by atomic mass is 10.1. The van der Waals surface area contributed by atoms with Crippen molar-refractivity contribution in [3.05, 3.63) is 0 Å². The van der Waals surface area contributed by atoms with E-state index in [0.717, 1.165) is 4.90 Å². The molecule has 1 rings (SSSR count). The van der Waals surface area contributed by atoms with Gasteiger partial charge in [0.1, 0.15) is 0 Å². The van der Waals surface area contributed by atoms with Crippen LogP contribution < -0.4 is 0 Å². The van der Waals surface area contributed by atoms with Crippen LogP contribution in [0.5, 0.6) is 0 Å². The molecular weight excluding hydrogens is 134 g/mol. The minimum absolute atomic E-state index is 0.0219. The molecule has 1 heterocycles. The third-order valence-corrected chi connectivity index (χ3v) is 1.52. The summed E-state index contributed by atoms with van der Waals surface area (Å²) in [5.74, 6) is 0.0219. The summed E-state index contributed by atoms with van der Waals surface area (Å²) in [6, 6.07) is 0. The number of amides is 1. The van der Waals surface area contributed by atoms with Gasteiger partial charge in [-0.15, -0.1) is 0 Å². The van der Waals surface area contributed by atoms with Crippen LogP contribution in [0.4, 0.5) is 4.79 Å². The molecule has 1 N–H and O–H groups in total. The zero-order valence-electron chi connectivity index (χ0n) is 5.54. The Morgan fingerprint density at radius 3 is 2.70 bits per heavy atom. The molecule has 1 aliphatic rings. The van der Waals surface area contributed by atoms with Crippen LogP contribution in [-0.2, 0) is 4.79 Å². The molecule has 0 bridgehead atoms. The lowest BCUT2D eigenvalue weighted by molar-refractivity contribution is -0.121. The van der Waals surface area contributed by atoms with Crippen LogP contribution in [0.25, 0.3) is 0 Å². The lowest BCUT2D eigenvalue weighted by Crippen LogP contribution is -2.39. The van der Waals surface area contributed by atoms with Crippen molar-refractivity contribution < 1.29 is 14.7 Å². The van der Waals surface area contributed by atoms with Crippen LogP contribution in [0.2, 0.25) is 0 Å². The number of likely N-dealkylation sites (tertiary alicyclic amines) is 1. The first-order valence-corrected chi connectivity index (χ1v) is 3.20. The van der Waals surface area contributed by atoms with Crippen molar-refractivity contribution in [2.24, 2.45) is 0 Å². The Morgan fingerprint density at radius 2 is 2.30 bits per heavy atom.